The average molecular weight is 537 g/mol. The third-order valence-electron chi connectivity index (χ3n) is 6.05. The lowest BCUT2D eigenvalue weighted by molar-refractivity contribution is -0.274. The first-order chi connectivity index (χ1) is 15.2. The van der Waals surface area contributed by atoms with E-state index in [1.54, 1.807) is 12.1 Å². The smallest absolute Gasteiger partial charge is 0.507 e. The first-order valence-corrected chi connectivity index (χ1v) is 11.3. The summed E-state index contributed by atoms with van der Waals surface area (Å²) in [5.74, 6) is -0.0111. The number of phenols is 1. The SMILES string of the molecule is CC(C)(C)c1cc([C@H](c2ccc(OC(F)(F)F)cc2)N2CCNCC2)c(O)c(C(C)(C)C)c1.Cl.Cl. The monoisotopic (exact) mass is 536 g/mol. The average Bonchev–Trinajstić information content (AvgIpc) is 2.68. The summed E-state index contributed by atoms with van der Waals surface area (Å²) in [5.41, 5.74) is 3.14. The van der Waals surface area contributed by atoms with Crippen LogP contribution < -0.4 is 10.1 Å². The minimum atomic E-state index is -4.74. The molecule has 1 atom stereocenters. The van der Waals surface area contributed by atoms with Gasteiger partial charge >= 0.3 is 6.36 Å². The molecule has 4 nitrogen and oxygen atoms in total. The molecular weight excluding hydrogens is 500 g/mol. The maximum atomic E-state index is 12.7. The second-order valence-corrected chi connectivity index (χ2v) is 10.8. The van der Waals surface area contributed by atoms with Crippen LogP contribution >= 0.6 is 24.8 Å². The highest BCUT2D eigenvalue weighted by Crippen LogP contribution is 2.43. The van der Waals surface area contributed by atoms with Crippen molar-refractivity contribution in [2.45, 2.75) is 64.8 Å². The van der Waals surface area contributed by atoms with Gasteiger partial charge in [0.25, 0.3) is 0 Å². The van der Waals surface area contributed by atoms with Gasteiger partial charge in [-0.15, -0.1) is 38.0 Å². The molecule has 1 fully saturated rings. The number of nitrogens with one attached hydrogen (secondary N) is 1. The summed E-state index contributed by atoms with van der Waals surface area (Å²) in [4.78, 5) is 2.27. The van der Waals surface area contributed by atoms with E-state index in [-0.39, 0.29) is 53.2 Å². The summed E-state index contributed by atoms with van der Waals surface area (Å²) in [6, 6.07) is 9.84. The number of alkyl halides is 3. The largest absolute Gasteiger partial charge is 0.573 e. The molecule has 2 N–H and O–H groups in total. The first-order valence-electron chi connectivity index (χ1n) is 11.3. The van der Waals surface area contributed by atoms with Crippen molar-refractivity contribution >= 4 is 24.8 Å². The van der Waals surface area contributed by atoms with Crippen LogP contribution in [0.15, 0.2) is 36.4 Å². The summed E-state index contributed by atoms with van der Waals surface area (Å²) in [5, 5.41) is 14.8. The fourth-order valence-electron chi connectivity index (χ4n) is 4.25. The Morgan fingerprint density at radius 3 is 1.89 bits per heavy atom. The van der Waals surface area contributed by atoms with Gasteiger partial charge in [-0.25, -0.2) is 0 Å². The second kappa shape index (κ2) is 11.6. The molecule has 1 heterocycles. The Kier molecular flexibility index (Phi) is 10.4. The van der Waals surface area contributed by atoms with Gasteiger partial charge in [0.05, 0.1) is 6.04 Å². The predicted molar refractivity (Wildman–Crippen MR) is 139 cm³/mol. The fourth-order valence-corrected chi connectivity index (χ4v) is 4.25. The van der Waals surface area contributed by atoms with E-state index in [0.717, 1.165) is 48.4 Å². The van der Waals surface area contributed by atoms with Gasteiger partial charge in [-0.05, 0) is 45.7 Å². The van der Waals surface area contributed by atoms with Crippen molar-refractivity contribution in [2.75, 3.05) is 26.2 Å². The normalized spacial score (nSPS) is 16.1. The van der Waals surface area contributed by atoms with Gasteiger partial charge in [-0.3, -0.25) is 4.90 Å². The molecule has 0 unspecified atom stereocenters. The molecule has 2 aromatic rings. The molecule has 0 radical (unpaired) electrons. The number of benzene rings is 2. The quantitative estimate of drug-likeness (QED) is 0.455. The fraction of sp³-hybridized carbons (Fsp3) is 0.538. The number of halogens is 5. The number of hydrogen-bond donors (Lipinski definition) is 2. The zero-order valence-corrected chi connectivity index (χ0v) is 22.8. The Bertz CT molecular complexity index is 963. The molecule has 198 valence electrons. The first kappa shape index (κ1) is 31.4. The van der Waals surface area contributed by atoms with Crippen molar-refractivity contribution < 1.29 is 23.0 Å². The van der Waals surface area contributed by atoms with Crippen LogP contribution in [-0.4, -0.2) is 42.5 Å². The molecule has 0 bridgehead atoms. The van der Waals surface area contributed by atoms with Crippen LogP contribution in [-0.2, 0) is 10.8 Å². The highest BCUT2D eigenvalue weighted by atomic mass is 35.5. The van der Waals surface area contributed by atoms with Crippen LogP contribution in [0.3, 0.4) is 0 Å². The maximum Gasteiger partial charge on any atom is 0.573 e. The summed E-state index contributed by atoms with van der Waals surface area (Å²) in [7, 11) is 0. The molecular formula is C26H37Cl2F3N2O2. The van der Waals surface area contributed by atoms with Crippen molar-refractivity contribution in [3.05, 3.63) is 58.7 Å². The number of hydrogen-bond acceptors (Lipinski definition) is 4. The lowest BCUT2D eigenvalue weighted by atomic mass is 9.77. The standard InChI is InChI=1S/C26H35F3N2O2.2ClH/c1-24(2,3)18-15-20(23(32)21(16-18)25(4,5)6)22(31-13-11-30-12-14-31)17-7-9-19(10-8-17)33-26(27,28)29;;/h7-10,15-16,22,30,32H,11-14H2,1-6H3;2*1H/t22-;;/m0../s1. The van der Waals surface area contributed by atoms with Crippen molar-refractivity contribution in [1.82, 2.24) is 10.2 Å². The number of nitrogens with zero attached hydrogens (tertiary/aromatic N) is 1. The van der Waals surface area contributed by atoms with Crippen molar-refractivity contribution in [2.24, 2.45) is 0 Å². The molecule has 3 rings (SSSR count). The second-order valence-electron chi connectivity index (χ2n) is 10.8. The molecule has 1 aliphatic rings. The predicted octanol–water partition coefficient (Wildman–Crippen LogP) is 6.72. The van der Waals surface area contributed by atoms with Gasteiger partial charge in [-0.2, -0.15) is 0 Å². The molecule has 0 saturated carbocycles. The number of piperazine rings is 1. The summed E-state index contributed by atoms with van der Waals surface area (Å²) >= 11 is 0. The Labute approximate surface area is 219 Å². The molecule has 35 heavy (non-hydrogen) atoms. The maximum absolute atomic E-state index is 12.7. The highest BCUT2D eigenvalue weighted by molar-refractivity contribution is 5.85. The topological polar surface area (TPSA) is 44.7 Å². The van der Waals surface area contributed by atoms with E-state index in [9.17, 15) is 18.3 Å². The van der Waals surface area contributed by atoms with Crippen LogP contribution in [0.25, 0.3) is 0 Å². The van der Waals surface area contributed by atoms with Crippen LogP contribution in [0, 0.1) is 0 Å². The van der Waals surface area contributed by atoms with Crippen LogP contribution in [0.4, 0.5) is 13.2 Å². The van der Waals surface area contributed by atoms with Crippen molar-refractivity contribution in [3.8, 4) is 11.5 Å². The Morgan fingerprint density at radius 1 is 0.886 bits per heavy atom. The van der Waals surface area contributed by atoms with Gasteiger partial charge < -0.3 is 15.2 Å². The Balaban J connectivity index is 0.00000306. The Morgan fingerprint density at radius 2 is 1.43 bits per heavy atom. The lowest BCUT2D eigenvalue weighted by Crippen LogP contribution is -2.45. The Hall–Kier alpha value is -1.67. The van der Waals surface area contributed by atoms with E-state index in [4.69, 9.17) is 0 Å². The van der Waals surface area contributed by atoms with E-state index in [0.29, 0.717) is 0 Å². The van der Waals surface area contributed by atoms with Gasteiger partial charge in [0.2, 0.25) is 0 Å². The van der Waals surface area contributed by atoms with Crippen molar-refractivity contribution in [1.29, 1.82) is 0 Å². The molecule has 2 aromatic carbocycles. The zero-order chi connectivity index (χ0) is 24.6. The minimum absolute atomic E-state index is 0. The van der Waals surface area contributed by atoms with Gasteiger partial charge in [0.1, 0.15) is 11.5 Å². The number of phenolic OH excluding ortho intramolecular Hbond substituents is 1. The lowest BCUT2D eigenvalue weighted by Gasteiger charge is -2.37. The van der Waals surface area contributed by atoms with Gasteiger partial charge in [0.15, 0.2) is 0 Å². The van der Waals surface area contributed by atoms with Crippen molar-refractivity contribution in [3.63, 3.8) is 0 Å². The molecule has 9 heteroatoms. The summed E-state index contributed by atoms with van der Waals surface area (Å²) in [6.45, 7) is 15.8. The number of rotatable bonds is 4. The van der Waals surface area contributed by atoms with Crippen LogP contribution in [0.5, 0.6) is 11.5 Å². The van der Waals surface area contributed by atoms with Gasteiger partial charge in [-0.1, -0.05) is 59.7 Å². The molecule has 0 aliphatic carbocycles. The van der Waals surface area contributed by atoms with E-state index >= 15 is 0 Å². The molecule has 1 saturated heterocycles. The number of ether oxygens (including phenoxy) is 1. The summed E-state index contributed by atoms with van der Waals surface area (Å²) in [6.07, 6.45) is -4.74. The van der Waals surface area contributed by atoms with E-state index in [2.05, 4.69) is 68.6 Å². The molecule has 1 aliphatic heterocycles. The number of aromatic hydroxyl groups is 1. The van der Waals surface area contributed by atoms with E-state index in [1.807, 2.05) is 0 Å². The molecule has 0 amide bonds. The van der Waals surface area contributed by atoms with Gasteiger partial charge in [0, 0.05) is 31.7 Å². The van der Waals surface area contributed by atoms with E-state index in [1.165, 1.54) is 12.1 Å². The third-order valence-corrected chi connectivity index (χ3v) is 6.05. The molecule has 0 spiro atoms. The molecule has 0 aromatic heterocycles. The highest BCUT2D eigenvalue weighted by Gasteiger charge is 2.33. The minimum Gasteiger partial charge on any atom is -0.507 e. The van der Waals surface area contributed by atoms with Crippen LogP contribution in [0.2, 0.25) is 0 Å². The zero-order valence-electron chi connectivity index (χ0n) is 21.1. The third kappa shape index (κ3) is 7.91. The van der Waals surface area contributed by atoms with Crippen LogP contribution in [0.1, 0.15) is 69.8 Å². The van der Waals surface area contributed by atoms with E-state index < -0.39 is 6.36 Å². The summed E-state index contributed by atoms with van der Waals surface area (Å²) < 4.78 is 42.0.